The first kappa shape index (κ1) is 9.80. The van der Waals surface area contributed by atoms with E-state index in [1.165, 1.54) is 0 Å². The maximum atomic E-state index is 9.26. The Morgan fingerprint density at radius 3 is 2.92 bits per heavy atom. The molecule has 1 atom stereocenters. The fourth-order valence-electron chi connectivity index (χ4n) is 0.877. The third-order valence-electron chi connectivity index (χ3n) is 1.78. The largest absolute Gasteiger partial charge is 0.397 e. The van der Waals surface area contributed by atoms with Crippen LogP contribution in [0.1, 0.15) is 13.3 Å². The molecule has 0 amide bonds. The van der Waals surface area contributed by atoms with E-state index in [2.05, 4.69) is 10.3 Å². The van der Waals surface area contributed by atoms with Crippen LogP contribution in [0.2, 0.25) is 0 Å². The minimum Gasteiger partial charge on any atom is -0.397 e. The van der Waals surface area contributed by atoms with Gasteiger partial charge in [0.1, 0.15) is 5.82 Å². The zero-order valence-electron chi connectivity index (χ0n) is 7.70. The van der Waals surface area contributed by atoms with Gasteiger partial charge in [-0.25, -0.2) is 4.98 Å². The smallest absolute Gasteiger partial charge is 0.126 e. The van der Waals surface area contributed by atoms with Gasteiger partial charge < -0.3 is 16.2 Å². The predicted octanol–water partition coefficient (Wildman–Crippen LogP) is 0.847. The van der Waals surface area contributed by atoms with Crippen LogP contribution in [0.5, 0.6) is 0 Å². The van der Waals surface area contributed by atoms with Gasteiger partial charge in [0.2, 0.25) is 0 Å². The molecule has 1 rings (SSSR count). The number of aliphatic hydroxyl groups excluding tert-OH is 1. The molecule has 1 aromatic rings. The van der Waals surface area contributed by atoms with Crippen molar-refractivity contribution in [1.82, 2.24) is 4.98 Å². The molecule has 4 heteroatoms. The first-order valence-corrected chi connectivity index (χ1v) is 4.36. The van der Waals surface area contributed by atoms with Crippen LogP contribution in [0.3, 0.4) is 0 Å². The minimum absolute atomic E-state index is 0.320. The van der Waals surface area contributed by atoms with Crippen LogP contribution in [0.25, 0.3) is 0 Å². The van der Waals surface area contributed by atoms with E-state index in [1.54, 1.807) is 18.3 Å². The van der Waals surface area contributed by atoms with E-state index < -0.39 is 0 Å². The topological polar surface area (TPSA) is 71.2 Å². The molecule has 0 radical (unpaired) electrons. The molecule has 1 heterocycles. The normalized spacial score (nSPS) is 12.5. The van der Waals surface area contributed by atoms with Crippen LogP contribution in [0.15, 0.2) is 18.3 Å². The van der Waals surface area contributed by atoms with Gasteiger partial charge in [0.15, 0.2) is 0 Å². The molecule has 0 aliphatic carbocycles. The van der Waals surface area contributed by atoms with Crippen molar-refractivity contribution >= 4 is 11.5 Å². The van der Waals surface area contributed by atoms with Crippen LogP contribution in [0, 0.1) is 0 Å². The second-order valence-corrected chi connectivity index (χ2v) is 2.92. The van der Waals surface area contributed by atoms with Crippen LogP contribution in [0.4, 0.5) is 11.5 Å². The number of nitrogens with one attached hydrogen (secondary N) is 1. The highest BCUT2D eigenvalue weighted by molar-refractivity contribution is 5.43. The summed E-state index contributed by atoms with van der Waals surface area (Å²) in [5, 5.41) is 12.3. The maximum absolute atomic E-state index is 9.26. The Morgan fingerprint density at radius 2 is 2.38 bits per heavy atom. The van der Waals surface area contributed by atoms with E-state index in [0.29, 0.717) is 12.2 Å². The van der Waals surface area contributed by atoms with Crippen molar-refractivity contribution in [2.45, 2.75) is 19.4 Å². The van der Waals surface area contributed by atoms with E-state index in [4.69, 9.17) is 5.73 Å². The van der Waals surface area contributed by atoms with Gasteiger partial charge in [-0.2, -0.15) is 0 Å². The van der Waals surface area contributed by atoms with Crippen molar-refractivity contribution in [2.24, 2.45) is 0 Å². The summed E-state index contributed by atoms with van der Waals surface area (Å²) in [6, 6.07) is 3.56. The summed E-state index contributed by atoms with van der Waals surface area (Å²) >= 11 is 0. The Kier molecular flexibility index (Phi) is 3.52. The molecule has 0 fully saturated rings. The Bertz CT molecular complexity index is 248. The summed E-state index contributed by atoms with van der Waals surface area (Å²) < 4.78 is 0. The molecular formula is C9H15N3O. The van der Waals surface area contributed by atoms with Crippen molar-refractivity contribution in [3.05, 3.63) is 18.3 Å². The zero-order valence-corrected chi connectivity index (χ0v) is 7.70. The number of aliphatic hydroxyl groups is 1. The number of nitrogen functional groups attached to an aromatic ring is 1. The van der Waals surface area contributed by atoms with Crippen LogP contribution in [-0.2, 0) is 0 Å². The number of hydrogen-bond acceptors (Lipinski definition) is 4. The summed E-state index contributed by atoms with van der Waals surface area (Å²) in [7, 11) is 0. The number of rotatable bonds is 4. The predicted molar refractivity (Wildman–Crippen MR) is 53.4 cm³/mol. The molecule has 0 aliphatic rings. The molecule has 0 bridgehead atoms. The van der Waals surface area contributed by atoms with E-state index in [1.807, 2.05) is 6.92 Å². The first-order valence-electron chi connectivity index (χ1n) is 4.36. The third kappa shape index (κ3) is 3.29. The number of nitrogens with two attached hydrogens (primary N) is 1. The lowest BCUT2D eigenvalue weighted by Gasteiger charge is -2.09. The summed E-state index contributed by atoms with van der Waals surface area (Å²) in [6.45, 7) is 2.45. The molecule has 1 aromatic heterocycles. The molecule has 72 valence electrons. The van der Waals surface area contributed by atoms with Gasteiger partial charge in [0, 0.05) is 6.54 Å². The van der Waals surface area contributed by atoms with Gasteiger partial charge in [-0.1, -0.05) is 6.92 Å². The molecule has 0 spiro atoms. The lowest BCUT2D eigenvalue weighted by atomic mass is 10.3. The molecule has 0 aromatic carbocycles. The number of hydrogen-bond donors (Lipinski definition) is 3. The van der Waals surface area contributed by atoms with Gasteiger partial charge in [-0.05, 0) is 18.6 Å². The number of aromatic nitrogens is 1. The summed E-state index contributed by atoms with van der Waals surface area (Å²) in [6.07, 6.45) is 2.00. The van der Waals surface area contributed by atoms with Gasteiger partial charge in [0.05, 0.1) is 18.0 Å². The average molecular weight is 181 g/mol. The Labute approximate surface area is 77.8 Å². The summed E-state index contributed by atoms with van der Waals surface area (Å²) in [5.74, 6) is 0.738. The van der Waals surface area contributed by atoms with E-state index in [-0.39, 0.29) is 6.10 Å². The summed E-state index contributed by atoms with van der Waals surface area (Å²) in [4.78, 5) is 4.04. The Hall–Kier alpha value is -1.29. The number of anilines is 2. The maximum Gasteiger partial charge on any atom is 0.126 e. The van der Waals surface area contributed by atoms with E-state index >= 15 is 0 Å². The van der Waals surface area contributed by atoms with Gasteiger partial charge in [-0.3, -0.25) is 0 Å². The monoisotopic (exact) mass is 181 g/mol. The van der Waals surface area contributed by atoms with Crippen molar-refractivity contribution in [3.63, 3.8) is 0 Å². The quantitative estimate of drug-likeness (QED) is 0.644. The lowest BCUT2D eigenvalue weighted by Crippen LogP contribution is -2.18. The third-order valence-corrected chi connectivity index (χ3v) is 1.78. The van der Waals surface area contributed by atoms with Crippen LogP contribution < -0.4 is 11.1 Å². The molecular weight excluding hydrogens is 166 g/mol. The van der Waals surface area contributed by atoms with Gasteiger partial charge >= 0.3 is 0 Å². The Morgan fingerprint density at radius 1 is 1.62 bits per heavy atom. The molecule has 1 unspecified atom stereocenters. The molecule has 4 N–H and O–H groups in total. The first-order chi connectivity index (χ1) is 6.22. The molecule has 0 saturated heterocycles. The second-order valence-electron chi connectivity index (χ2n) is 2.92. The highest BCUT2D eigenvalue weighted by atomic mass is 16.3. The SMILES string of the molecule is CCC(O)CNc1ccc(N)cn1. The molecule has 0 aliphatic heterocycles. The number of pyridine rings is 1. The molecule has 0 saturated carbocycles. The van der Waals surface area contributed by atoms with Crippen molar-refractivity contribution in [3.8, 4) is 0 Å². The number of nitrogens with zero attached hydrogens (tertiary/aromatic N) is 1. The summed E-state index contributed by atoms with van der Waals surface area (Å²) in [5.41, 5.74) is 6.11. The van der Waals surface area contributed by atoms with Gasteiger partial charge in [-0.15, -0.1) is 0 Å². The highest BCUT2D eigenvalue weighted by Crippen LogP contribution is 2.05. The van der Waals surface area contributed by atoms with Crippen molar-refractivity contribution in [2.75, 3.05) is 17.6 Å². The average Bonchev–Trinajstić information content (AvgIpc) is 2.16. The molecule has 13 heavy (non-hydrogen) atoms. The fourth-order valence-corrected chi connectivity index (χ4v) is 0.877. The van der Waals surface area contributed by atoms with Crippen molar-refractivity contribution < 1.29 is 5.11 Å². The lowest BCUT2D eigenvalue weighted by molar-refractivity contribution is 0.183. The van der Waals surface area contributed by atoms with E-state index in [9.17, 15) is 5.11 Å². The van der Waals surface area contributed by atoms with Crippen LogP contribution in [-0.4, -0.2) is 22.7 Å². The minimum atomic E-state index is -0.320. The zero-order chi connectivity index (χ0) is 9.68. The fraction of sp³-hybridized carbons (Fsp3) is 0.444. The Balaban J connectivity index is 2.41. The standard InChI is InChI=1S/C9H15N3O/c1-2-8(13)6-12-9-4-3-7(10)5-11-9/h3-5,8,13H,2,6,10H2,1H3,(H,11,12). The molecule has 4 nitrogen and oxygen atoms in total. The van der Waals surface area contributed by atoms with E-state index in [0.717, 1.165) is 12.2 Å². The van der Waals surface area contributed by atoms with Crippen LogP contribution >= 0.6 is 0 Å². The second kappa shape index (κ2) is 4.67. The highest BCUT2D eigenvalue weighted by Gasteiger charge is 1.99. The van der Waals surface area contributed by atoms with Gasteiger partial charge in [0.25, 0.3) is 0 Å². The van der Waals surface area contributed by atoms with Crippen molar-refractivity contribution in [1.29, 1.82) is 0 Å².